The van der Waals surface area contributed by atoms with Crippen LogP contribution < -0.4 is 11.1 Å². The molecule has 1 atom stereocenters. The Morgan fingerprint density at radius 1 is 1.65 bits per heavy atom. The summed E-state index contributed by atoms with van der Waals surface area (Å²) in [6.45, 7) is 6.25. The maximum Gasteiger partial charge on any atom is 0.312 e. The van der Waals surface area contributed by atoms with Crippen molar-refractivity contribution in [2.24, 2.45) is 5.73 Å². The van der Waals surface area contributed by atoms with Gasteiger partial charge in [0.15, 0.2) is 0 Å². The first kappa shape index (κ1) is 11.9. The second kappa shape index (κ2) is 4.75. The average molecular weight is 238 g/mol. The van der Waals surface area contributed by atoms with Crippen molar-refractivity contribution >= 4 is 6.03 Å². The summed E-state index contributed by atoms with van der Waals surface area (Å²) in [6.07, 6.45) is 0.918. The summed E-state index contributed by atoms with van der Waals surface area (Å²) in [7, 11) is 0. The fourth-order valence-electron chi connectivity index (χ4n) is 2.09. The van der Waals surface area contributed by atoms with E-state index < -0.39 is 6.03 Å². The molecule has 1 unspecified atom stereocenters. The summed E-state index contributed by atoms with van der Waals surface area (Å²) >= 11 is 0. The Labute approximate surface area is 100 Å². The predicted molar refractivity (Wildman–Crippen MR) is 62.4 cm³/mol. The van der Waals surface area contributed by atoms with Gasteiger partial charge in [-0.05, 0) is 20.3 Å². The highest BCUT2D eigenvalue weighted by atomic mass is 16.4. The standard InChI is InChI=1S/C11H18N4O2/c1-7-8(2)17-10(13-7)6-15-4-3-9(5-15)14-11(12)16/h9H,3-6H2,1-2H3,(H3,12,14,16). The lowest BCUT2D eigenvalue weighted by atomic mass is 10.3. The van der Waals surface area contributed by atoms with Crippen LogP contribution >= 0.6 is 0 Å². The van der Waals surface area contributed by atoms with Crippen LogP contribution in [0.15, 0.2) is 4.42 Å². The zero-order chi connectivity index (χ0) is 12.4. The first-order chi connectivity index (χ1) is 8.04. The van der Waals surface area contributed by atoms with E-state index in [2.05, 4.69) is 15.2 Å². The van der Waals surface area contributed by atoms with Gasteiger partial charge in [-0.3, -0.25) is 4.90 Å². The number of nitrogens with zero attached hydrogens (tertiary/aromatic N) is 2. The van der Waals surface area contributed by atoms with E-state index in [1.807, 2.05) is 13.8 Å². The van der Waals surface area contributed by atoms with E-state index in [0.717, 1.165) is 36.9 Å². The molecule has 1 fully saturated rings. The summed E-state index contributed by atoms with van der Waals surface area (Å²) in [5.41, 5.74) is 6.03. The van der Waals surface area contributed by atoms with E-state index in [9.17, 15) is 4.79 Å². The minimum absolute atomic E-state index is 0.143. The zero-order valence-electron chi connectivity index (χ0n) is 10.2. The van der Waals surface area contributed by atoms with Gasteiger partial charge in [-0.15, -0.1) is 0 Å². The number of urea groups is 1. The van der Waals surface area contributed by atoms with Gasteiger partial charge in [0.1, 0.15) is 5.76 Å². The van der Waals surface area contributed by atoms with Crippen molar-refractivity contribution in [3.8, 4) is 0 Å². The third-order valence-corrected chi connectivity index (χ3v) is 3.05. The van der Waals surface area contributed by atoms with Crippen LogP contribution in [0.2, 0.25) is 0 Å². The molecule has 2 amide bonds. The quantitative estimate of drug-likeness (QED) is 0.804. The number of aromatic nitrogens is 1. The van der Waals surface area contributed by atoms with Crippen molar-refractivity contribution in [1.29, 1.82) is 0 Å². The van der Waals surface area contributed by atoms with E-state index in [0.29, 0.717) is 6.54 Å². The molecular formula is C11H18N4O2. The summed E-state index contributed by atoms with van der Waals surface area (Å²) in [6, 6.07) is -0.315. The molecule has 0 aromatic carbocycles. The minimum Gasteiger partial charge on any atom is -0.444 e. The first-order valence-electron chi connectivity index (χ1n) is 5.76. The fourth-order valence-corrected chi connectivity index (χ4v) is 2.09. The Bertz CT molecular complexity index is 396. The number of oxazole rings is 1. The number of carbonyl (C=O) groups is 1. The Balaban J connectivity index is 1.87. The summed E-state index contributed by atoms with van der Waals surface area (Å²) < 4.78 is 5.53. The van der Waals surface area contributed by atoms with Crippen molar-refractivity contribution < 1.29 is 9.21 Å². The third-order valence-electron chi connectivity index (χ3n) is 3.05. The Morgan fingerprint density at radius 2 is 2.41 bits per heavy atom. The van der Waals surface area contributed by atoms with E-state index in [1.165, 1.54) is 0 Å². The van der Waals surface area contributed by atoms with Crippen LogP contribution in [0.25, 0.3) is 0 Å². The highest BCUT2D eigenvalue weighted by Crippen LogP contribution is 2.15. The maximum atomic E-state index is 10.7. The van der Waals surface area contributed by atoms with Gasteiger partial charge in [0.05, 0.1) is 12.2 Å². The number of nitrogens with one attached hydrogen (secondary N) is 1. The monoisotopic (exact) mass is 238 g/mol. The molecule has 0 bridgehead atoms. The molecule has 6 heteroatoms. The highest BCUT2D eigenvalue weighted by Gasteiger charge is 2.24. The third kappa shape index (κ3) is 2.97. The second-order valence-electron chi connectivity index (χ2n) is 4.48. The summed E-state index contributed by atoms with van der Waals surface area (Å²) in [5.74, 6) is 1.60. The lowest BCUT2D eigenvalue weighted by Crippen LogP contribution is -2.40. The number of primary amides is 1. The molecule has 0 spiro atoms. The van der Waals surface area contributed by atoms with Crippen LogP contribution in [0.3, 0.4) is 0 Å². The first-order valence-corrected chi connectivity index (χ1v) is 5.76. The van der Waals surface area contributed by atoms with E-state index >= 15 is 0 Å². The molecule has 1 aliphatic rings. The van der Waals surface area contributed by atoms with Crippen molar-refractivity contribution in [1.82, 2.24) is 15.2 Å². The number of rotatable bonds is 3. The second-order valence-corrected chi connectivity index (χ2v) is 4.48. The van der Waals surface area contributed by atoms with Crippen molar-refractivity contribution in [3.63, 3.8) is 0 Å². The number of amides is 2. The molecule has 1 aromatic rings. The molecule has 0 aliphatic carbocycles. The van der Waals surface area contributed by atoms with Crippen LogP contribution in [0.5, 0.6) is 0 Å². The van der Waals surface area contributed by atoms with Crippen LogP contribution in [0.1, 0.15) is 23.8 Å². The van der Waals surface area contributed by atoms with Gasteiger partial charge >= 0.3 is 6.03 Å². The topological polar surface area (TPSA) is 84.4 Å². The largest absolute Gasteiger partial charge is 0.444 e. The number of nitrogens with two attached hydrogens (primary N) is 1. The number of aryl methyl sites for hydroxylation is 2. The molecule has 0 radical (unpaired) electrons. The van der Waals surface area contributed by atoms with Crippen LogP contribution in [0.4, 0.5) is 4.79 Å². The molecule has 0 saturated carbocycles. The molecule has 6 nitrogen and oxygen atoms in total. The van der Waals surface area contributed by atoms with E-state index in [1.54, 1.807) is 0 Å². The average Bonchev–Trinajstić information content (AvgIpc) is 2.75. The van der Waals surface area contributed by atoms with E-state index in [4.69, 9.17) is 10.2 Å². The molecule has 17 heavy (non-hydrogen) atoms. The summed E-state index contributed by atoms with van der Waals surface area (Å²) in [5, 5.41) is 2.72. The number of hydrogen-bond acceptors (Lipinski definition) is 4. The molecule has 2 heterocycles. The number of hydrogen-bond donors (Lipinski definition) is 2. The SMILES string of the molecule is Cc1nc(CN2CCC(NC(N)=O)C2)oc1C. The van der Waals surface area contributed by atoms with Gasteiger partial charge in [-0.1, -0.05) is 0 Å². The lowest BCUT2D eigenvalue weighted by Gasteiger charge is -2.13. The van der Waals surface area contributed by atoms with Gasteiger partial charge in [0.2, 0.25) is 5.89 Å². The smallest absolute Gasteiger partial charge is 0.312 e. The van der Waals surface area contributed by atoms with Gasteiger partial charge in [-0.2, -0.15) is 0 Å². The van der Waals surface area contributed by atoms with E-state index in [-0.39, 0.29) is 6.04 Å². The molecule has 1 saturated heterocycles. The Hall–Kier alpha value is -1.56. The molecule has 3 N–H and O–H groups in total. The lowest BCUT2D eigenvalue weighted by molar-refractivity contribution is 0.243. The minimum atomic E-state index is -0.459. The molecular weight excluding hydrogens is 220 g/mol. The van der Waals surface area contributed by atoms with Gasteiger partial charge in [-0.25, -0.2) is 9.78 Å². The highest BCUT2D eigenvalue weighted by molar-refractivity contribution is 5.72. The van der Waals surface area contributed by atoms with Gasteiger partial charge in [0, 0.05) is 19.1 Å². The van der Waals surface area contributed by atoms with Crippen LogP contribution in [-0.2, 0) is 6.54 Å². The summed E-state index contributed by atoms with van der Waals surface area (Å²) in [4.78, 5) is 17.3. The number of carbonyl (C=O) groups excluding carboxylic acids is 1. The van der Waals surface area contributed by atoms with Crippen molar-refractivity contribution in [2.75, 3.05) is 13.1 Å². The number of likely N-dealkylation sites (tertiary alicyclic amines) is 1. The normalized spacial score (nSPS) is 20.7. The predicted octanol–water partition coefficient (Wildman–Crippen LogP) is 0.534. The van der Waals surface area contributed by atoms with Crippen LogP contribution in [-0.4, -0.2) is 35.0 Å². The molecule has 1 aliphatic heterocycles. The fraction of sp³-hybridized carbons (Fsp3) is 0.636. The Morgan fingerprint density at radius 3 is 3.00 bits per heavy atom. The van der Waals surface area contributed by atoms with Gasteiger partial charge < -0.3 is 15.5 Å². The molecule has 1 aromatic heterocycles. The van der Waals surface area contributed by atoms with Crippen LogP contribution in [0, 0.1) is 13.8 Å². The Kier molecular flexibility index (Phi) is 3.33. The van der Waals surface area contributed by atoms with Gasteiger partial charge in [0.25, 0.3) is 0 Å². The molecule has 94 valence electrons. The molecule has 2 rings (SSSR count). The zero-order valence-corrected chi connectivity index (χ0v) is 10.2. The van der Waals surface area contributed by atoms with Crippen molar-refractivity contribution in [2.45, 2.75) is 32.9 Å². The maximum absolute atomic E-state index is 10.7. The van der Waals surface area contributed by atoms with Crippen molar-refractivity contribution in [3.05, 3.63) is 17.3 Å².